The van der Waals surface area contributed by atoms with Crippen molar-refractivity contribution in [3.05, 3.63) is 59.9 Å². The van der Waals surface area contributed by atoms with Crippen LogP contribution in [-0.4, -0.2) is 31.2 Å². The second-order valence-corrected chi connectivity index (χ2v) is 4.99. The van der Waals surface area contributed by atoms with Crippen LogP contribution in [0.25, 0.3) is 0 Å². The van der Waals surface area contributed by atoms with Crippen LogP contribution in [0.15, 0.2) is 48.8 Å². The number of nitrogens with zero attached hydrogens (tertiary/aromatic N) is 1. The molecule has 0 bridgehead atoms. The zero-order valence-electron chi connectivity index (χ0n) is 12.9. The van der Waals surface area contributed by atoms with Crippen LogP contribution in [-0.2, 0) is 4.74 Å². The Morgan fingerprint density at radius 3 is 2.77 bits per heavy atom. The molecular formula is C17H21N3O2. The number of benzene rings is 1. The van der Waals surface area contributed by atoms with Crippen LogP contribution in [0, 0.1) is 0 Å². The Balaban J connectivity index is 1.98. The summed E-state index contributed by atoms with van der Waals surface area (Å²) in [6.07, 6.45) is 3.25. The van der Waals surface area contributed by atoms with E-state index < -0.39 is 0 Å². The maximum atomic E-state index is 12.3. The predicted molar refractivity (Wildman–Crippen MR) is 86.9 cm³/mol. The molecule has 5 nitrogen and oxygen atoms in total. The average molecular weight is 299 g/mol. The molecule has 0 radical (unpaired) electrons. The molecule has 116 valence electrons. The summed E-state index contributed by atoms with van der Waals surface area (Å²) in [4.78, 5) is 16.4. The molecule has 0 saturated carbocycles. The average Bonchev–Trinajstić information content (AvgIpc) is 2.56. The number of ether oxygens (including phenoxy) is 1. The number of rotatable bonds is 7. The zero-order chi connectivity index (χ0) is 15.8. The fraction of sp³-hybridized carbons (Fsp3) is 0.294. The van der Waals surface area contributed by atoms with E-state index in [1.165, 1.54) is 0 Å². The molecule has 1 unspecified atom stereocenters. The third kappa shape index (κ3) is 4.56. The molecule has 2 N–H and O–H groups in total. The fourth-order valence-corrected chi connectivity index (χ4v) is 2.06. The SMILES string of the molecule is COCCNc1cncc(C(=O)NC(C)c2ccccc2)c1. The van der Waals surface area contributed by atoms with E-state index in [1.54, 1.807) is 25.6 Å². The van der Waals surface area contributed by atoms with Gasteiger partial charge < -0.3 is 15.4 Å². The van der Waals surface area contributed by atoms with Gasteiger partial charge in [-0.15, -0.1) is 0 Å². The Kier molecular flexibility index (Phi) is 5.91. The van der Waals surface area contributed by atoms with E-state index in [9.17, 15) is 4.79 Å². The topological polar surface area (TPSA) is 63.2 Å². The number of carbonyl (C=O) groups excluding carboxylic acids is 1. The maximum absolute atomic E-state index is 12.3. The van der Waals surface area contributed by atoms with Gasteiger partial charge in [-0.2, -0.15) is 0 Å². The number of amides is 1. The number of aromatic nitrogens is 1. The minimum absolute atomic E-state index is 0.0567. The van der Waals surface area contributed by atoms with E-state index in [2.05, 4.69) is 15.6 Å². The number of anilines is 1. The normalized spacial score (nSPS) is 11.7. The lowest BCUT2D eigenvalue weighted by atomic mass is 10.1. The van der Waals surface area contributed by atoms with Crippen molar-refractivity contribution in [3.63, 3.8) is 0 Å². The summed E-state index contributed by atoms with van der Waals surface area (Å²) in [7, 11) is 1.65. The second-order valence-electron chi connectivity index (χ2n) is 4.99. The monoisotopic (exact) mass is 299 g/mol. The number of hydrogen-bond donors (Lipinski definition) is 2. The number of hydrogen-bond acceptors (Lipinski definition) is 4. The Hall–Kier alpha value is -2.40. The highest BCUT2D eigenvalue weighted by molar-refractivity contribution is 5.94. The molecule has 22 heavy (non-hydrogen) atoms. The summed E-state index contributed by atoms with van der Waals surface area (Å²) >= 11 is 0. The maximum Gasteiger partial charge on any atom is 0.253 e. The lowest BCUT2D eigenvalue weighted by Gasteiger charge is -2.14. The van der Waals surface area contributed by atoms with E-state index in [-0.39, 0.29) is 11.9 Å². The largest absolute Gasteiger partial charge is 0.383 e. The van der Waals surface area contributed by atoms with Crippen molar-refractivity contribution in [3.8, 4) is 0 Å². The minimum Gasteiger partial charge on any atom is -0.383 e. The lowest BCUT2D eigenvalue weighted by Crippen LogP contribution is -2.26. The van der Waals surface area contributed by atoms with Gasteiger partial charge in [0.2, 0.25) is 0 Å². The predicted octanol–water partition coefficient (Wildman–Crippen LogP) is 2.63. The molecule has 2 aromatic rings. The van der Waals surface area contributed by atoms with Gasteiger partial charge >= 0.3 is 0 Å². The van der Waals surface area contributed by atoms with E-state index in [1.807, 2.05) is 37.3 Å². The molecule has 2 rings (SSSR count). The summed E-state index contributed by atoms with van der Waals surface area (Å²) in [5, 5.41) is 6.13. The second kappa shape index (κ2) is 8.14. The smallest absolute Gasteiger partial charge is 0.253 e. The van der Waals surface area contributed by atoms with Crippen LogP contribution < -0.4 is 10.6 Å². The Labute approximate surface area is 130 Å². The number of pyridine rings is 1. The molecule has 0 fully saturated rings. The van der Waals surface area contributed by atoms with Crippen LogP contribution in [0.3, 0.4) is 0 Å². The van der Waals surface area contributed by atoms with Crippen LogP contribution in [0.2, 0.25) is 0 Å². The van der Waals surface area contributed by atoms with E-state index in [0.29, 0.717) is 18.7 Å². The van der Waals surface area contributed by atoms with Crippen molar-refractivity contribution < 1.29 is 9.53 Å². The Morgan fingerprint density at radius 1 is 1.27 bits per heavy atom. The summed E-state index contributed by atoms with van der Waals surface area (Å²) < 4.78 is 4.98. The summed E-state index contributed by atoms with van der Waals surface area (Å²) in [5.41, 5.74) is 2.40. The molecule has 1 atom stereocenters. The van der Waals surface area contributed by atoms with Crippen LogP contribution in [0.4, 0.5) is 5.69 Å². The zero-order valence-corrected chi connectivity index (χ0v) is 12.9. The fourth-order valence-electron chi connectivity index (χ4n) is 2.06. The first-order chi connectivity index (χ1) is 10.7. The molecule has 0 aliphatic rings. The molecule has 1 aromatic heterocycles. The van der Waals surface area contributed by atoms with Crippen LogP contribution in [0.1, 0.15) is 28.9 Å². The third-order valence-electron chi connectivity index (χ3n) is 3.28. The summed E-state index contributed by atoms with van der Waals surface area (Å²) in [6.45, 7) is 3.23. The summed E-state index contributed by atoms with van der Waals surface area (Å²) in [6, 6.07) is 11.6. The standard InChI is InChI=1S/C17H21N3O2/c1-13(14-6-4-3-5-7-14)20-17(21)15-10-16(12-18-11-15)19-8-9-22-2/h3-7,10-13,19H,8-9H2,1-2H3,(H,20,21). The van der Waals surface area contributed by atoms with E-state index in [0.717, 1.165) is 11.3 Å². The van der Waals surface area contributed by atoms with Gasteiger partial charge in [-0.3, -0.25) is 9.78 Å². The van der Waals surface area contributed by atoms with Crippen molar-refractivity contribution in [1.82, 2.24) is 10.3 Å². The molecule has 1 aromatic carbocycles. The van der Waals surface area contributed by atoms with Gasteiger partial charge in [0.1, 0.15) is 0 Å². The highest BCUT2D eigenvalue weighted by atomic mass is 16.5. The third-order valence-corrected chi connectivity index (χ3v) is 3.28. The van der Waals surface area contributed by atoms with Gasteiger partial charge in [0.25, 0.3) is 5.91 Å². The first-order valence-electron chi connectivity index (χ1n) is 7.24. The van der Waals surface area contributed by atoms with Gasteiger partial charge in [-0.25, -0.2) is 0 Å². The molecule has 5 heteroatoms. The van der Waals surface area contributed by atoms with Crippen LogP contribution >= 0.6 is 0 Å². The first-order valence-corrected chi connectivity index (χ1v) is 7.24. The van der Waals surface area contributed by atoms with Crippen molar-refractivity contribution >= 4 is 11.6 Å². The highest BCUT2D eigenvalue weighted by Crippen LogP contribution is 2.13. The van der Waals surface area contributed by atoms with E-state index in [4.69, 9.17) is 4.74 Å². The van der Waals surface area contributed by atoms with Crippen molar-refractivity contribution in [2.45, 2.75) is 13.0 Å². The van der Waals surface area contributed by atoms with Gasteiger partial charge in [0, 0.05) is 26.0 Å². The quantitative estimate of drug-likeness (QED) is 0.772. The molecule has 0 saturated heterocycles. The van der Waals surface area contributed by atoms with Gasteiger partial charge in [-0.1, -0.05) is 30.3 Å². The first kappa shape index (κ1) is 16.0. The van der Waals surface area contributed by atoms with Crippen molar-refractivity contribution in [1.29, 1.82) is 0 Å². The number of carbonyl (C=O) groups is 1. The summed E-state index contributed by atoms with van der Waals surface area (Å²) in [5.74, 6) is -0.140. The van der Waals surface area contributed by atoms with Gasteiger partial charge in [0.15, 0.2) is 0 Å². The molecule has 1 amide bonds. The number of methoxy groups -OCH3 is 1. The van der Waals surface area contributed by atoms with E-state index >= 15 is 0 Å². The van der Waals surface area contributed by atoms with Crippen molar-refractivity contribution in [2.24, 2.45) is 0 Å². The van der Waals surface area contributed by atoms with Crippen molar-refractivity contribution in [2.75, 3.05) is 25.6 Å². The highest BCUT2D eigenvalue weighted by Gasteiger charge is 2.12. The molecule has 0 aliphatic carbocycles. The number of nitrogens with one attached hydrogen (secondary N) is 2. The molecule has 0 spiro atoms. The molecular weight excluding hydrogens is 278 g/mol. The van der Waals surface area contributed by atoms with Gasteiger partial charge in [0.05, 0.1) is 23.9 Å². The lowest BCUT2D eigenvalue weighted by molar-refractivity contribution is 0.0939. The Bertz CT molecular complexity index is 602. The van der Waals surface area contributed by atoms with Gasteiger partial charge in [-0.05, 0) is 18.6 Å². The van der Waals surface area contributed by atoms with Crippen LogP contribution in [0.5, 0.6) is 0 Å². The molecule has 1 heterocycles. The minimum atomic E-state index is -0.140. The Morgan fingerprint density at radius 2 is 2.05 bits per heavy atom. The molecule has 0 aliphatic heterocycles.